The number of hydrogen-bond donors (Lipinski definition) is 1. The van der Waals surface area contributed by atoms with E-state index in [9.17, 15) is 9.90 Å². The summed E-state index contributed by atoms with van der Waals surface area (Å²) in [7, 11) is 0. The Hall–Kier alpha value is -1.46. The Morgan fingerprint density at radius 2 is 2.27 bits per heavy atom. The molecule has 1 N–H and O–H groups in total. The maximum Gasteiger partial charge on any atom is 0.310 e. The highest BCUT2D eigenvalue weighted by Crippen LogP contribution is 2.65. The first-order valence-corrected chi connectivity index (χ1v) is 4.92. The minimum Gasteiger partial charge on any atom is -0.481 e. The van der Waals surface area contributed by atoms with Gasteiger partial charge in [0, 0.05) is 6.54 Å². The fraction of sp³-hybridized carbons (Fsp3) is 0.778. The van der Waals surface area contributed by atoms with Gasteiger partial charge in [0.05, 0.1) is 5.41 Å². The zero-order valence-electron chi connectivity index (χ0n) is 8.84. The first kappa shape index (κ1) is 10.1. The molecule has 1 saturated carbocycles. The molecule has 6 nitrogen and oxygen atoms in total. The summed E-state index contributed by atoms with van der Waals surface area (Å²) in [5, 5.41) is 19.9. The number of tetrazole rings is 1. The van der Waals surface area contributed by atoms with E-state index < -0.39 is 11.4 Å². The Morgan fingerprint density at radius 1 is 1.60 bits per heavy atom. The number of aromatic nitrogens is 4. The second kappa shape index (κ2) is 3.01. The van der Waals surface area contributed by atoms with Crippen molar-refractivity contribution < 1.29 is 9.90 Å². The molecule has 82 valence electrons. The lowest BCUT2D eigenvalue weighted by Crippen LogP contribution is -2.23. The lowest BCUT2D eigenvalue weighted by atomic mass is 9.92. The second-order valence-electron chi connectivity index (χ2n) is 4.77. The van der Waals surface area contributed by atoms with Crippen LogP contribution in [-0.4, -0.2) is 31.3 Å². The Balaban J connectivity index is 2.02. The van der Waals surface area contributed by atoms with Crippen molar-refractivity contribution in [3.8, 4) is 0 Å². The van der Waals surface area contributed by atoms with Crippen LogP contribution in [0.2, 0.25) is 0 Å². The van der Waals surface area contributed by atoms with Gasteiger partial charge in [-0.25, -0.2) is 4.68 Å². The molecule has 1 aromatic rings. The van der Waals surface area contributed by atoms with Gasteiger partial charge in [-0.3, -0.25) is 4.79 Å². The molecule has 15 heavy (non-hydrogen) atoms. The predicted octanol–water partition coefficient (Wildman–Crippen LogP) is 0.564. The molecule has 0 amide bonds. The molecule has 0 bridgehead atoms. The molecule has 1 unspecified atom stereocenters. The van der Waals surface area contributed by atoms with Crippen LogP contribution in [0.15, 0.2) is 6.33 Å². The van der Waals surface area contributed by atoms with Crippen LogP contribution in [0.25, 0.3) is 0 Å². The van der Waals surface area contributed by atoms with Crippen LogP contribution in [0.3, 0.4) is 0 Å². The van der Waals surface area contributed by atoms with Gasteiger partial charge in [-0.1, -0.05) is 13.8 Å². The molecule has 6 heteroatoms. The molecule has 0 aromatic carbocycles. The summed E-state index contributed by atoms with van der Waals surface area (Å²) >= 11 is 0. The van der Waals surface area contributed by atoms with Gasteiger partial charge in [-0.2, -0.15) is 0 Å². The summed E-state index contributed by atoms with van der Waals surface area (Å²) in [5.74, 6) is -0.708. The number of carbonyl (C=O) groups is 1. The van der Waals surface area contributed by atoms with Crippen molar-refractivity contribution in [3.63, 3.8) is 0 Å². The second-order valence-corrected chi connectivity index (χ2v) is 4.77. The average Bonchev–Trinajstić information content (AvgIpc) is 2.57. The van der Waals surface area contributed by atoms with Crippen LogP contribution in [0.5, 0.6) is 0 Å². The third-order valence-corrected chi connectivity index (χ3v) is 3.48. The van der Waals surface area contributed by atoms with Crippen LogP contribution in [-0.2, 0) is 11.3 Å². The molecule has 0 spiro atoms. The molecular formula is C9H14N4O2. The SMILES string of the molecule is CC1(C)CC1(CCn1cnnn1)C(=O)O. The van der Waals surface area contributed by atoms with Crippen molar-refractivity contribution in [1.29, 1.82) is 0 Å². The summed E-state index contributed by atoms with van der Waals surface area (Å²) in [4.78, 5) is 11.2. The van der Waals surface area contributed by atoms with Crippen molar-refractivity contribution in [2.75, 3.05) is 0 Å². The maximum atomic E-state index is 11.2. The molecule has 1 heterocycles. The summed E-state index contributed by atoms with van der Waals surface area (Å²) in [6.45, 7) is 4.53. The molecule has 1 aromatic heterocycles. The fourth-order valence-electron chi connectivity index (χ4n) is 2.20. The average molecular weight is 210 g/mol. The number of aliphatic carboxylic acids is 1. The lowest BCUT2D eigenvalue weighted by Gasteiger charge is -2.14. The number of aryl methyl sites for hydroxylation is 1. The standard InChI is InChI=1S/C9H14N4O2/c1-8(2)5-9(8,7(14)15)3-4-13-6-10-11-12-13/h6H,3-5H2,1-2H3,(H,14,15). The van der Waals surface area contributed by atoms with E-state index in [4.69, 9.17) is 0 Å². The highest BCUT2D eigenvalue weighted by atomic mass is 16.4. The molecule has 0 aliphatic heterocycles. The largest absolute Gasteiger partial charge is 0.481 e. The van der Waals surface area contributed by atoms with Crippen LogP contribution >= 0.6 is 0 Å². The number of hydrogen-bond acceptors (Lipinski definition) is 4. The van der Waals surface area contributed by atoms with E-state index in [0.717, 1.165) is 6.42 Å². The minimum absolute atomic E-state index is 0.104. The molecule has 0 saturated heterocycles. The Kier molecular flexibility index (Phi) is 2.02. The highest BCUT2D eigenvalue weighted by Gasteiger charge is 2.66. The van der Waals surface area contributed by atoms with Crippen molar-refractivity contribution in [2.24, 2.45) is 10.8 Å². The van der Waals surface area contributed by atoms with E-state index in [0.29, 0.717) is 13.0 Å². The third kappa shape index (κ3) is 1.49. The fourth-order valence-corrected chi connectivity index (χ4v) is 2.20. The molecule has 1 aliphatic rings. The van der Waals surface area contributed by atoms with E-state index in [1.807, 2.05) is 13.8 Å². The first-order chi connectivity index (χ1) is 6.98. The zero-order chi connectivity index (χ0) is 11.1. The van der Waals surface area contributed by atoms with Gasteiger partial charge in [0.1, 0.15) is 6.33 Å². The smallest absolute Gasteiger partial charge is 0.310 e. The summed E-state index contributed by atoms with van der Waals surface area (Å²) in [5.41, 5.74) is -0.689. The van der Waals surface area contributed by atoms with Crippen molar-refractivity contribution in [2.45, 2.75) is 33.2 Å². The summed E-state index contributed by atoms with van der Waals surface area (Å²) in [6, 6.07) is 0. The van der Waals surface area contributed by atoms with Crippen LogP contribution < -0.4 is 0 Å². The van der Waals surface area contributed by atoms with E-state index in [1.165, 1.54) is 6.33 Å². The molecule has 1 aliphatic carbocycles. The first-order valence-electron chi connectivity index (χ1n) is 4.92. The quantitative estimate of drug-likeness (QED) is 0.785. The van der Waals surface area contributed by atoms with Gasteiger partial charge < -0.3 is 5.11 Å². The lowest BCUT2D eigenvalue weighted by molar-refractivity contribution is -0.145. The number of carboxylic acid groups (broad SMARTS) is 1. The topological polar surface area (TPSA) is 80.9 Å². The van der Waals surface area contributed by atoms with Gasteiger partial charge in [-0.05, 0) is 28.7 Å². The number of rotatable bonds is 4. The van der Waals surface area contributed by atoms with Crippen molar-refractivity contribution in [1.82, 2.24) is 20.2 Å². The number of carboxylic acids is 1. The third-order valence-electron chi connectivity index (χ3n) is 3.48. The van der Waals surface area contributed by atoms with E-state index in [1.54, 1.807) is 4.68 Å². The molecule has 1 atom stereocenters. The Morgan fingerprint density at radius 3 is 2.67 bits per heavy atom. The van der Waals surface area contributed by atoms with Gasteiger partial charge in [0.25, 0.3) is 0 Å². The van der Waals surface area contributed by atoms with E-state index >= 15 is 0 Å². The minimum atomic E-state index is -0.708. The van der Waals surface area contributed by atoms with Crippen LogP contribution in [0, 0.1) is 10.8 Å². The Bertz CT molecular complexity index is 373. The molecule has 2 rings (SSSR count). The zero-order valence-corrected chi connectivity index (χ0v) is 8.84. The normalized spacial score (nSPS) is 27.6. The summed E-state index contributed by atoms with van der Waals surface area (Å²) in [6.07, 6.45) is 2.82. The van der Waals surface area contributed by atoms with Crippen molar-refractivity contribution >= 4 is 5.97 Å². The number of nitrogens with zero attached hydrogens (tertiary/aromatic N) is 4. The molecule has 1 fully saturated rings. The van der Waals surface area contributed by atoms with Crippen LogP contribution in [0.4, 0.5) is 0 Å². The highest BCUT2D eigenvalue weighted by molar-refractivity contribution is 5.79. The van der Waals surface area contributed by atoms with Crippen molar-refractivity contribution in [3.05, 3.63) is 6.33 Å². The van der Waals surface area contributed by atoms with E-state index in [-0.39, 0.29) is 5.41 Å². The van der Waals surface area contributed by atoms with Gasteiger partial charge >= 0.3 is 5.97 Å². The molecule has 0 radical (unpaired) electrons. The van der Waals surface area contributed by atoms with Gasteiger partial charge in [0.15, 0.2) is 0 Å². The molecular weight excluding hydrogens is 196 g/mol. The van der Waals surface area contributed by atoms with Crippen LogP contribution in [0.1, 0.15) is 26.7 Å². The van der Waals surface area contributed by atoms with Gasteiger partial charge in [-0.15, -0.1) is 5.10 Å². The monoisotopic (exact) mass is 210 g/mol. The summed E-state index contributed by atoms with van der Waals surface area (Å²) < 4.78 is 1.57. The van der Waals surface area contributed by atoms with E-state index in [2.05, 4.69) is 15.5 Å². The predicted molar refractivity (Wildman–Crippen MR) is 50.9 cm³/mol. The Labute approximate surface area is 87.3 Å². The van der Waals surface area contributed by atoms with Gasteiger partial charge in [0.2, 0.25) is 0 Å². The maximum absolute atomic E-state index is 11.2.